The number of nitrogens with one attached hydrogen (secondary N) is 2. The third kappa shape index (κ3) is 4.04. The highest BCUT2D eigenvalue weighted by Crippen LogP contribution is 2.32. The second-order valence-electron chi connectivity index (χ2n) is 6.09. The summed E-state index contributed by atoms with van der Waals surface area (Å²) < 4.78 is 11.7. The summed E-state index contributed by atoms with van der Waals surface area (Å²) in [4.78, 5) is 15.7. The summed E-state index contributed by atoms with van der Waals surface area (Å²) in [5, 5.41) is 3.41. The molecule has 0 aliphatic heterocycles. The van der Waals surface area contributed by atoms with Crippen molar-refractivity contribution in [1.82, 2.24) is 19.9 Å². The molecule has 26 heavy (non-hydrogen) atoms. The third-order valence-corrected chi connectivity index (χ3v) is 3.97. The molecule has 0 fully saturated rings. The van der Waals surface area contributed by atoms with Gasteiger partial charge in [-0.25, -0.2) is 15.0 Å². The van der Waals surface area contributed by atoms with Crippen molar-refractivity contribution >= 4 is 17.0 Å². The molecule has 0 amide bonds. The van der Waals surface area contributed by atoms with E-state index in [0.29, 0.717) is 18.9 Å². The fraction of sp³-hybridized carbons (Fsp3) is 0.421. The van der Waals surface area contributed by atoms with Gasteiger partial charge in [-0.2, -0.15) is 0 Å². The molecule has 3 rings (SSSR count). The minimum atomic E-state index is 0.0283. The second kappa shape index (κ2) is 8.51. The Balaban J connectivity index is 1.81. The minimum absolute atomic E-state index is 0.0283. The van der Waals surface area contributed by atoms with E-state index in [2.05, 4.69) is 46.0 Å². The number of H-pyrrole nitrogens is 1. The van der Waals surface area contributed by atoms with Crippen LogP contribution in [-0.4, -0.2) is 33.1 Å². The zero-order valence-electron chi connectivity index (χ0n) is 15.5. The maximum Gasteiger partial charge on any atom is 0.182 e. The van der Waals surface area contributed by atoms with Crippen molar-refractivity contribution in [2.45, 2.75) is 39.7 Å². The largest absolute Gasteiger partial charge is 0.490 e. The van der Waals surface area contributed by atoms with Crippen LogP contribution < -0.4 is 14.8 Å². The second-order valence-corrected chi connectivity index (χ2v) is 6.09. The lowest BCUT2D eigenvalue weighted by Gasteiger charge is -2.18. The van der Waals surface area contributed by atoms with Crippen LogP contribution in [0.15, 0.2) is 30.9 Å². The van der Waals surface area contributed by atoms with Crippen LogP contribution in [0.4, 0.5) is 5.82 Å². The number of aromatic nitrogens is 4. The van der Waals surface area contributed by atoms with Crippen molar-refractivity contribution in [3.8, 4) is 11.5 Å². The van der Waals surface area contributed by atoms with Gasteiger partial charge in [-0.3, -0.25) is 0 Å². The van der Waals surface area contributed by atoms with Crippen LogP contribution in [0.2, 0.25) is 0 Å². The van der Waals surface area contributed by atoms with Gasteiger partial charge in [0.25, 0.3) is 0 Å². The fourth-order valence-electron chi connectivity index (χ4n) is 2.61. The Morgan fingerprint density at radius 2 is 1.81 bits per heavy atom. The lowest BCUT2D eigenvalue weighted by atomic mass is 10.1. The molecule has 7 nitrogen and oxygen atoms in total. The van der Waals surface area contributed by atoms with Gasteiger partial charge in [0, 0.05) is 0 Å². The van der Waals surface area contributed by atoms with Crippen LogP contribution in [0.5, 0.6) is 11.5 Å². The van der Waals surface area contributed by atoms with Gasteiger partial charge in [-0.1, -0.05) is 19.9 Å². The summed E-state index contributed by atoms with van der Waals surface area (Å²) in [5.41, 5.74) is 2.53. The summed E-state index contributed by atoms with van der Waals surface area (Å²) >= 11 is 0. The number of benzene rings is 1. The maximum atomic E-state index is 5.89. The highest BCUT2D eigenvalue weighted by atomic mass is 16.5. The average molecular weight is 355 g/mol. The number of fused-ring (bicyclic) bond motifs is 1. The first-order valence-electron chi connectivity index (χ1n) is 9.03. The van der Waals surface area contributed by atoms with Crippen LogP contribution in [0.1, 0.15) is 45.2 Å². The molecule has 7 heteroatoms. The molecule has 0 saturated carbocycles. The fourth-order valence-corrected chi connectivity index (χ4v) is 2.61. The van der Waals surface area contributed by atoms with Crippen molar-refractivity contribution < 1.29 is 9.47 Å². The maximum absolute atomic E-state index is 5.89. The van der Waals surface area contributed by atoms with E-state index in [1.165, 1.54) is 6.33 Å². The van der Waals surface area contributed by atoms with E-state index in [1.807, 2.05) is 18.2 Å². The summed E-state index contributed by atoms with van der Waals surface area (Å²) in [6, 6.07) is 6.08. The Hall–Kier alpha value is -2.83. The van der Waals surface area contributed by atoms with Crippen molar-refractivity contribution in [1.29, 1.82) is 0 Å². The van der Waals surface area contributed by atoms with Gasteiger partial charge in [0.2, 0.25) is 0 Å². The van der Waals surface area contributed by atoms with Crippen LogP contribution in [0.3, 0.4) is 0 Å². The van der Waals surface area contributed by atoms with E-state index >= 15 is 0 Å². The molecule has 0 aliphatic carbocycles. The standard InChI is InChI=1S/C19H25N5O2/c1-4-8-25-15-7-6-14(10-16(15)26-9-5-2)13(3)24-19-17-18(21-11-20-17)22-12-23-19/h6-7,10-13H,4-5,8-9H2,1-3H3,(H2,20,21,22,23,24). The molecule has 2 aromatic heterocycles. The van der Waals surface area contributed by atoms with Crippen molar-refractivity contribution in [3.05, 3.63) is 36.4 Å². The normalized spacial score (nSPS) is 12.1. The number of aromatic amines is 1. The predicted molar refractivity (Wildman–Crippen MR) is 102 cm³/mol. The van der Waals surface area contributed by atoms with E-state index in [4.69, 9.17) is 9.47 Å². The van der Waals surface area contributed by atoms with E-state index in [-0.39, 0.29) is 6.04 Å². The topological polar surface area (TPSA) is 85.0 Å². The Morgan fingerprint density at radius 3 is 2.58 bits per heavy atom. The summed E-state index contributed by atoms with van der Waals surface area (Å²) in [6.45, 7) is 7.59. The van der Waals surface area contributed by atoms with Crippen molar-refractivity contribution in [2.24, 2.45) is 0 Å². The molecule has 1 unspecified atom stereocenters. The predicted octanol–water partition coefficient (Wildman–Crippen LogP) is 4.10. The zero-order valence-corrected chi connectivity index (χ0v) is 15.5. The van der Waals surface area contributed by atoms with Gasteiger partial charge in [-0.05, 0) is 37.5 Å². The van der Waals surface area contributed by atoms with E-state index in [0.717, 1.165) is 41.2 Å². The van der Waals surface area contributed by atoms with Crippen molar-refractivity contribution in [3.63, 3.8) is 0 Å². The first-order valence-corrected chi connectivity index (χ1v) is 9.03. The van der Waals surface area contributed by atoms with Gasteiger partial charge in [0.15, 0.2) is 23.0 Å². The van der Waals surface area contributed by atoms with Crippen molar-refractivity contribution in [2.75, 3.05) is 18.5 Å². The van der Waals surface area contributed by atoms with E-state index < -0.39 is 0 Å². The quantitative estimate of drug-likeness (QED) is 0.601. The summed E-state index contributed by atoms with van der Waals surface area (Å²) in [6.07, 6.45) is 5.03. The van der Waals surface area contributed by atoms with Gasteiger partial charge in [-0.15, -0.1) is 0 Å². The van der Waals surface area contributed by atoms with Crippen LogP contribution in [0, 0.1) is 0 Å². The average Bonchev–Trinajstić information content (AvgIpc) is 3.14. The number of hydrogen-bond acceptors (Lipinski definition) is 6. The molecular weight excluding hydrogens is 330 g/mol. The Morgan fingerprint density at radius 1 is 1.04 bits per heavy atom. The summed E-state index contributed by atoms with van der Waals surface area (Å²) in [5.74, 6) is 2.29. The highest BCUT2D eigenvalue weighted by molar-refractivity contribution is 5.82. The molecule has 1 aromatic carbocycles. The molecular formula is C19H25N5O2. The van der Waals surface area contributed by atoms with Gasteiger partial charge in [0.05, 0.1) is 25.6 Å². The monoisotopic (exact) mass is 355 g/mol. The number of anilines is 1. The lowest BCUT2D eigenvalue weighted by molar-refractivity contribution is 0.268. The minimum Gasteiger partial charge on any atom is -0.490 e. The van der Waals surface area contributed by atoms with Gasteiger partial charge >= 0.3 is 0 Å². The Bertz CT molecular complexity index is 849. The van der Waals surface area contributed by atoms with E-state index in [1.54, 1.807) is 6.33 Å². The SMILES string of the molecule is CCCOc1ccc(C(C)Nc2ncnc3nc[nH]c23)cc1OCCC. The van der Waals surface area contributed by atoms with Crippen LogP contribution in [-0.2, 0) is 0 Å². The molecule has 0 saturated heterocycles. The molecule has 0 aliphatic rings. The smallest absolute Gasteiger partial charge is 0.182 e. The Labute approximate surface area is 153 Å². The Kier molecular flexibility index (Phi) is 5.88. The first-order chi connectivity index (χ1) is 12.7. The zero-order chi connectivity index (χ0) is 18.4. The third-order valence-electron chi connectivity index (χ3n) is 3.97. The van der Waals surface area contributed by atoms with Crippen LogP contribution >= 0.6 is 0 Å². The number of nitrogens with zero attached hydrogens (tertiary/aromatic N) is 3. The molecule has 2 heterocycles. The number of imidazole rings is 1. The molecule has 0 bridgehead atoms. The molecule has 1 atom stereocenters. The molecule has 2 N–H and O–H groups in total. The number of hydrogen-bond donors (Lipinski definition) is 2. The molecule has 0 spiro atoms. The van der Waals surface area contributed by atoms with E-state index in [9.17, 15) is 0 Å². The number of rotatable bonds is 9. The molecule has 3 aromatic rings. The van der Waals surface area contributed by atoms with Gasteiger partial charge < -0.3 is 19.8 Å². The molecule has 138 valence electrons. The summed E-state index contributed by atoms with van der Waals surface area (Å²) in [7, 11) is 0. The first kappa shape index (κ1) is 18.0. The highest BCUT2D eigenvalue weighted by Gasteiger charge is 2.14. The molecule has 0 radical (unpaired) electrons. The van der Waals surface area contributed by atoms with Crippen LogP contribution in [0.25, 0.3) is 11.2 Å². The number of ether oxygens (including phenoxy) is 2. The lowest BCUT2D eigenvalue weighted by Crippen LogP contribution is -2.10. The van der Waals surface area contributed by atoms with Gasteiger partial charge in [0.1, 0.15) is 11.8 Å².